The Morgan fingerprint density at radius 1 is 1.34 bits per heavy atom. The monoisotopic (exact) mass is 440 g/mol. The van der Waals surface area contributed by atoms with Gasteiger partial charge in [0.15, 0.2) is 10.2 Å². The molecule has 2 amide bonds. The number of nitrogens with zero attached hydrogens (tertiary/aromatic N) is 7. The van der Waals surface area contributed by atoms with Crippen molar-refractivity contribution < 1.29 is 18.0 Å². The number of aryl methyl sites for hydroxylation is 1. The van der Waals surface area contributed by atoms with E-state index in [1.54, 1.807) is 19.1 Å². The maximum absolute atomic E-state index is 13.8. The van der Waals surface area contributed by atoms with E-state index in [4.69, 9.17) is 0 Å². The van der Waals surface area contributed by atoms with Gasteiger partial charge in [-0.2, -0.15) is 23.7 Å². The summed E-state index contributed by atoms with van der Waals surface area (Å²) in [5.41, 5.74) is -1.69. The molecule has 1 N–H and O–H groups in total. The molecule has 3 rings (SSSR count). The van der Waals surface area contributed by atoms with E-state index < -0.39 is 28.7 Å². The molecule has 0 fully saturated rings. The first-order valence-electron chi connectivity index (χ1n) is 7.79. The molecule has 2 aromatic heterocycles. The maximum atomic E-state index is 13.8. The van der Waals surface area contributed by atoms with Crippen molar-refractivity contribution in [1.29, 1.82) is 10.5 Å². The summed E-state index contributed by atoms with van der Waals surface area (Å²) in [4.78, 5) is 13.1. The fourth-order valence-corrected chi connectivity index (χ4v) is 4.55. The van der Waals surface area contributed by atoms with Crippen LogP contribution in [0.5, 0.6) is 0 Å². The van der Waals surface area contributed by atoms with E-state index in [2.05, 4.69) is 20.6 Å². The second kappa shape index (κ2) is 7.38. The number of halogens is 3. The van der Waals surface area contributed by atoms with Gasteiger partial charge in [0.25, 0.3) is 0 Å². The number of amides is 2. The number of fused-ring (bicyclic) bond motifs is 1. The average Bonchev–Trinajstić information content (AvgIpc) is 3.27. The number of anilines is 1. The number of urea groups is 1. The van der Waals surface area contributed by atoms with Crippen LogP contribution in [0.2, 0.25) is 0 Å². The van der Waals surface area contributed by atoms with Crippen LogP contribution in [0, 0.1) is 29.6 Å². The zero-order valence-electron chi connectivity index (χ0n) is 15.1. The summed E-state index contributed by atoms with van der Waals surface area (Å²) in [6, 6.07) is 2.73. The van der Waals surface area contributed by atoms with E-state index in [9.17, 15) is 28.5 Å². The Kier molecular flexibility index (Phi) is 5.25. The lowest BCUT2D eigenvalue weighted by Crippen LogP contribution is -2.28. The quantitative estimate of drug-likeness (QED) is 0.777. The number of nitriles is 2. The predicted molar refractivity (Wildman–Crippen MR) is 97.8 cm³/mol. The van der Waals surface area contributed by atoms with E-state index in [-0.39, 0.29) is 21.4 Å². The van der Waals surface area contributed by atoms with Crippen molar-refractivity contribution in [2.24, 2.45) is 0 Å². The van der Waals surface area contributed by atoms with Crippen molar-refractivity contribution in [2.45, 2.75) is 23.4 Å². The van der Waals surface area contributed by atoms with Crippen LogP contribution in [0.15, 0.2) is 9.91 Å². The first kappa shape index (κ1) is 20.6. The number of thioether (sulfide) groups is 1. The highest BCUT2D eigenvalue weighted by Crippen LogP contribution is 2.52. The molecule has 0 aromatic carbocycles. The Balaban J connectivity index is 2.20. The highest BCUT2D eigenvalue weighted by atomic mass is 32.2. The van der Waals surface area contributed by atoms with Crippen molar-refractivity contribution in [3.63, 3.8) is 0 Å². The Morgan fingerprint density at radius 3 is 2.52 bits per heavy atom. The fourth-order valence-electron chi connectivity index (χ4n) is 2.55. The molecule has 0 saturated heterocycles. The zero-order chi connectivity index (χ0) is 21.5. The smallest absolute Gasteiger partial charge is 0.331 e. The van der Waals surface area contributed by atoms with Crippen molar-refractivity contribution in [2.75, 3.05) is 19.4 Å². The summed E-state index contributed by atoms with van der Waals surface area (Å²) in [5.74, 6) is -2.01. The molecule has 1 aliphatic rings. The summed E-state index contributed by atoms with van der Waals surface area (Å²) in [5, 5.41) is 33.0. The largest absolute Gasteiger partial charge is 0.416 e. The topological polar surface area (TPSA) is 124 Å². The number of carbonyl (C=O) groups is 1. The third-order valence-electron chi connectivity index (χ3n) is 3.78. The molecule has 0 spiro atoms. The van der Waals surface area contributed by atoms with E-state index in [0.717, 1.165) is 16.0 Å². The Labute approximate surface area is 170 Å². The number of alkyl halides is 3. The summed E-state index contributed by atoms with van der Waals surface area (Å²) in [6.07, 6.45) is -4.84. The molecular weight excluding hydrogens is 429 g/mol. The van der Waals surface area contributed by atoms with Gasteiger partial charge in [-0.1, -0.05) is 11.3 Å². The highest BCUT2D eigenvalue weighted by molar-refractivity contribution is 8.09. The van der Waals surface area contributed by atoms with Crippen LogP contribution in [0.25, 0.3) is 5.03 Å². The molecule has 1 atom stereocenters. The highest BCUT2D eigenvalue weighted by Gasteiger charge is 2.50. The van der Waals surface area contributed by atoms with Gasteiger partial charge in [-0.25, -0.2) is 9.48 Å². The first-order valence-corrected chi connectivity index (χ1v) is 9.42. The normalized spacial score (nSPS) is 15.7. The number of aromatic nitrogens is 4. The minimum absolute atomic E-state index is 0.219. The number of allylic oxidation sites excluding steroid dienone is 1. The van der Waals surface area contributed by atoms with E-state index in [1.165, 1.54) is 19.0 Å². The number of hydrogen-bond acceptors (Lipinski definition) is 8. The van der Waals surface area contributed by atoms with Gasteiger partial charge in [-0.05, 0) is 18.7 Å². The van der Waals surface area contributed by atoms with Crippen LogP contribution >= 0.6 is 23.1 Å². The minimum atomic E-state index is -4.84. The SMILES string of the molecule is Cc1nnc(SC2=C(C(F)(F)F)C(C#N)c3c(C#N)c(NC(=O)N(C)C)nn32)s1. The second-order valence-electron chi connectivity index (χ2n) is 5.92. The molecule has 29 heavy (non-hydrogen) atoms. The second-order valence-corrected chi connectivity index (χ2v) is 8.34. The van der Waals surface area contributed by atoms with Crippen molar-refractivity contribution in [3.8, 4) is 12.1 Å². The molecule has 0 saturated carbocycles. The summed E-state index contributed by atoms with van der Waals surface area (Å²) in [7, 11) is 2.90. The molecule has 2 aromatic rings. The predicted octanol–water partition coefficient (Wildman–Crippen LogP) is 3.15. The Bertz CT molecular complexity index is 1100. The van der Waals surface area contributed by atoms with Crippen molar-refractivity contribution in [1.82, 2.24) is 24.9 Å². The molecular formula is C15H11F3N8OS2. The molecule has 1 aliphatic heterocycles. The third-order valence-corrected chi connectivity index (χ3v) is 5.75. The van der Waals surface area contributed by atoms with Gasteiger partial charge in [0.1, 0.15) is 27.6 Å². The van der Waals surface area contributed by atoms with Crippen LogP contribution in [-0.4, -0.2) is 51.2 Å². The van der Waals surface area contributed by atoms with Crippen LogP contribution in [0.3, 0.4) is 0 Å². The lowest BCUT2D eigenvalue weighted by Gasteiger charge is -2.13. The molecule has 0 bridgehead atoms. The van der Waals surface area contributed by atoms with Gasteiger partial charge >= 0.3 is 12.2 Å². The van der Waals surface area contributed by atoms with Gasteiger partial charge in [-0.3, -0.25) is 5.32 Å². The number of nitrogens with one attached hydrogen (secondary N) is 1. The molecule has 14 heteroatoms. The molecule has 0 radical (unpaired) electrons. The molecule has 0 aliphatic carbocycles. The van der Waals surface area contributed by atoms with Gasteiger partial charge in [-0.15, -0.1) is 15.3 Å². The van der Waals surface area contributed by atoms with Crippen LogP contribution in [0.4, 0.5) is 23.8 Å². The average molecular weight is 440 g/mol. The van der Waals surface area contributed by atoms with Gasteiger partial charge in [0.05, 0.1) is 17.3 Å². The van der Waals surface area contributed by atoms with Gasteiger partial charge in [0.2, 0.25) is 0 Å². The summed E-state index contributed by atoms with van der Waals surface area (Å²) < 4.78 is 42.5. The summed E-state index contributed by atoms with van der Waals surface area (Å²) >= 11 is 1.72. The molecule has 1 unspecified atom stereocenters. The van der Waals surface area contributed by atoms with E-state index in [1.807, 2.05) is 0 Å². The van der Waals surface area contributed by atoms with Gasteiger partial charge in [0, 0.05) is 14.1 Å². The number of carbonyl (C=O) groups excluding carboxylic acids is 1. The standard InChI is InChI=1S/C15H11F3N8OS2/c1-6-22-23-14(28-6)29-12-9(15(16,17)18)7(4-19)10-8(5-20)11(24-26(10)12)21-13(27)25(2)3/h7H,1-3H3,(H,21,24,27). The molecule has 9 nitrogen and oxygen atoms in total. The summed E-state index contributed by atoms with van der Waals surface area (Å²) in [6.45, 7) is 1.65. The number of hydrogen-bond donors (Lipinski definition) is 1. The number of rotatable bonds is 3. The van der Waals surface area contributed by atoms with Crippen LogP contribution in [-0.2, 0) is 0 Å². The Hall–Kier alpha value is -3.10. The van der Waals surface area contributed by atoms with E-state index >= 15 is 0 Å². The maximum Gasteiger partial charge on any atom is 0.416 e. The van der Waals surface area contributed by atoms with Crippen LogP contribution in [0.1, 0.15) is 22.2 Å². The van der Waals surface area contributed by atoms with Crippen molar-refractivity contribution >= 4 is 40.0 Å². The lowest BCUT2D eigenvalue weighted by atomic mass is 9.97. The third kappa shape index (κ3) is 3.64. The minimum Gasteiger partial charge on any atom is -0.331 e. The van der Waals surface area contributed by atoms with E-state index in [0.29, 0.717) is 16.8 Å². The van der Waals surface area contributed by atoms with Crippen molar-refractivity contribution in [3.05, 3.63) is 21.8 Å². The van der Waals surface area contributed by atoms with Gasteiger partial charge < -0.3 is 4.90 Å². The van der Waals surface area contributed by atoms with Crippen LogP contribution < -0.4 is 5.32 Å². The Morgan fingerprint density at radius 2 is 2.03 bits per heavy atom. The lowest BCUT2D eigenvalue weighted by molar-refractivity contribution is -0.0931. The molecule has 3 heterocycles. The fraction of sp³-hybridized carbons (Fsp3) is 0.333. The molecule has 150 valence electrons. The zero-order valence-corrected chi connectivity index (χ0v) is 16.7. The first-order chi connectivity index (χ1) is 13.6.